The van der Waals surface area contributed by atoms with Gasteiger partial charge in [-0.05, 0) is 99.8 Å². The van der Waals surface area contributed by atoms with E-state index in [1.807, 2.05) is 42.5 Å². The predicted molar refractivity (Wildman–Crippen MR) is 286 cm³/mol. The van der Waals surface area contributed by atoms with Gasteiger partial charge >= 0.3 is 38.6 Å². The molecule has 12 rings (SSSR count). The van der Waals surface area contributed by atoms with Crippen molar-refractivity contribution in [1.82, 2.24) is 30.6 Å². The van der Waals surface area contributed by atoms with Crippen LogP contribution in [-0.2, 0) is 38.6 Å². The van der Waals surface area contributed by atoms with E-state index in [-0.39, 0.29) is 43.3 Å². The number of alkyl halides is 9. The Hall–Kier alpha value is -7.48. The van der Waals surface area contributed by atoms with E-state index in [4.69, 9.17) is 17.9 Å². The van der Waals surface area contributed by atoms with E-state index in [9.17, 15) is 39.5 Å². The van der Waals surface area contributed by atoms with Crippen LogP contribution in [-0.4, -0.2) is 30.6 Å². The van der Waals surface area contributed by atoms with Crippen molar-refractivity contribution < 1.29 is 64.4 Å². The number of rotatable bonds is 5. The zero-order valence-electron chi connectivity index (χ0n) is 38.8. The van der Waals surface area contributed by atoms with Gasteiger partial charge in [-0.1, -0.05) is 114 Å². The van der Waals surface area contributed by atoms with E-state index < -0.39 is 46.8 Å². The summed E-state index contributed by atoms with van der Waals surface area (Å²) in [5, 5.41) is 35.1. The molecule has 0 aliphatic carbocycles. The van der Waals surface area contributed by atoms with Gasteiger partial charge in [0.15, 0.2) is 0 Å². The predicted octanol–water partition coefficient (Wildman–Crippen LogP) is 17.3. The second kappa shape index (κ2) is 21.5. The van der Waals surface area contributed by atoms with E-state index >= 15 is 0 Å². The Bertz CT molecular complexity index is 4120. The van der Waals surface area contributed by atoms with Gasteiger partial charge in [0.1, 0.15) is 11.3 Å². The number of thiophene rings is 1. The summed E-state index contributed by atoms with van der Waals surface area (Å²) < 4.78 is 130. The summed E-state index contributed by atoms with van der Waals surface area (Å²) in [6, 6.07) is 45.3. The second-order valence-corrected chi connectivity index (χ2v) is 18.9. The molecule has 0 aliphatic rings. The number of hydrogen-bond acceptors (Lipinski definition) is 10. The average molecular weight is 1270 g/mol. The minimum absolute atomic E-state index is 0. The quantitative estimate of drug-likeness (QED) is 0.0768. The number of hydrogen-bond donors (Lipinski definition) is 2. The molecule has 7 nitrogen and oxygen atoms in total. The third-order valence-electron chi connectivity index (χ3n) is 12.0. The standard InChI is InChI=1S/C29H12F9N2OS.2C14H9N2S.Ir/c30-27(31,32)19-9-10-20(24(29(36,37)38)23(19)28(33,34)35)41-26-18-12-15-6-2-1-5-14(15)11-17(18)25(39-40-26)22-13-16-7-3-4-8-21(16)42-22;2*1-9(17)14-13-7-11-5-3-2-4-10(11)6-12(13)8-15-16-14;/h1-12H;2*1-8,17H;/q3*-1;+3. The van der Waals surface area contributed by atoms with E-state index in [0.717, 1.165) is 42.4 Å². The van der Waals surface area contributed by atoms with Crippen LogP contribution >= 0.6 is 36.6 Å². The van der Waals surface area contributed by atoms with Gasteiger partial charge in [-0.15, -0.1) is 38.5 Å². The molecule has 0 saturated carbocycles. The van der Waals surface area contributed by atoms with Gasteiger partial charge in [-0.2, -0.15) is 80.1 Å². The maximum atomic E-state index is 14.0. The zero-order valence-corrected chi connectivity index (χ0v) is 43.8. The Morgan fingerprint density at radius 2 is 0.922 bits per heavy atom. The van der Waals surface area contributed by atoms with Gasteiger partial charge in [-0.3, -0.25) is 13.2 Å². The smallest absolute Gasteiger partial charge is 0.436 e. The maximum Gasteiger partial charge on any atom is 3.00 e. The van der Waals surface area contributed by atoms with Gasteiger partial charge in [0.25, 0.3) is 0 Å². The molecular weight excluding hydrogens is 1240 g/mol. The summed E-state index contributed by atoms with van der Waals surface area (Å²) in [6.07, 6.45) is -14.1. The molecule has 384 valence electrons. The summed E-state index contributed by atoms with van der Waals surface area (Å²) in [6.45, 7) is 11.4. The van der Waals surface area contributed by atoms with Crippen LogP contribution in [0.3, 0.4) is 0 Å². The summed E-state index contributed by atoms with van der Waals surface area (Å²) in [7, 11) is 0. The van der Waals surface area contributed by atoms with Crippen LogP contribution in [0.15, 0.2) is 158 Å². The molecule has 0 atom stereocenters. The first kappa shape index (κ1) is 54.3. The number of ether oxygens (including phenoxy) is 1. The van der Waals surface area contributed by atoms with Gasteiger partial charge in [-0.25, -0.2) is 21.5 Å². The van der Waals surface area contributed by atoms with Crippen molar-refractivity contribution in [3.63, 3.8) is 0 Å². The molecule has 0 spiro atoms. The van der Waals surface area contributed by atoms with E-state index in [2.05, 4.69) is 110 Å². The van der Waals surface area contributed by atoms with Crippen molar-refractivity contribution in [3.05, 3.63) is 205 Å². The van der Waals surface area contributed by atoms with Crippen LogP contribution in [0.5, 0.6) is 11.6 Å². The Labute approximate surface area is 459 Å². The molecule has 0 aliphatic heterocycles. The van der Waals surface area contributed by atoms with Crippen molar-refractivity contribution >= 4 is 121 Å². The van der Waals surface area contributed by atoms with E-state index in [1.165, 1.54) is 28.2 Å². The monoisotopic (exact) mass is 1270 g/mol. The molecule has 20 heteroatoms. The SMILES string of the molecule is FC(F)(F)c1ccc(Oc2nnc(-c3[c-]c4ccccc4s3)c3cc4ccccc4cc23)c(C(F)(F)F)c1C(F)(F)F.[CH-]=C(S)c1nncc2cc3ccccc3cc12.[CH-]=C(S)c1nncc2cc3ccccc3cc12.[Ir+3]. The molecule has 0 saturated heterocycles. The Balaban J connectivity index is 0.000000168. The first-order valence-electron chi connectivity index (χ1n) is 22.3. The van der Waals surface area contributed by atoms with Crippen LogP contribution < -0.4 is 4.74 Å². The normalized spacial score (nSPS) is 11.8. The number of nitrogens with zero attached hydrogens (tertiary/aromatic N) is 6. The largest absolute Gasteiger partial charge is 3.00 e. The van der Waals surface area contributed by atoms with E-state index in [1.54, 1.807) is 48.8 Å². The molecule has 4 heterocycles. The van der Waals surface area contributed by atoms with Crippen molar-refractivity contribution in [3.8, 4) is 22.2 Å². The minimum Gasteiger partial charge on any atom is -0.436 e. The Kier molecular flexibility index (Phi) is 15.2. The second-order valence-electron chi connectivity index (χ2n) is 16.8. The molecule has 0 unspecified atom stereocenters. The summed E-state index contributed by atoms with van der Waals surface area (Å²) in [5.74, 6) is -2.13. The molecule has 0 amide bonds. The Morgan fingerprint density at radius 3 is 1.38 bits per heavy atom. The molecule has 8 aromatic carbocycles. The average Bonchev–Trinajstić information content (AvgIpc) is 3.84. The summed E-state index contributed by atoms with van der Waals surface area (Å²) in [4.78, 5) is 1.30. The topological polar surface area (TPSA) is 86.6 Å². The van der Waals surface area contributed by atoms with Crippen molar-refractivity contribution in [2.45, 2.75) is 18.5 Å². The van der Waals surface area contributed by atoms with Crippen LogP contribution in [0.25, 0.3) is 95.1 Å². The summed E-state index contributed by atoms with van der Waals surface area (Å²) in [5.41, 5.74) is -6.47. The number of thiol groups is 2. The molecule has 0 radical (unpaired) electrons. The Morgan fingerprint density at radius 1 is 0.481 bits per heavy atom. The van der Waals surface area contributed by atoms with Gasteiger partial charge in [0.2, 0.25) is 5.88 Å². The first-order valence-corrected chi connectivity index (χ1v) is 24.0. The molecule has 12 aromatic rings. The maximum absolute atomic E-state index is 14.0. The van der Waals surface area contributed by atoms with Crippen LogP contribution in [0.2, 0.25) is 0 Å². The fourth-order valence-corrected chi connectivity index (χ4v) is 9.93. The number of aromatic nitrogens is 6. The van der Waals surface area contributed by atoms with E-state index in [0.29, 0.717) is 42.2 Å². The number of fused-ring (bicyclic) bond motifs is 7. The van der Waals surface area contributed by atoms with Crippen LogP contribution in [0.4, 0.5) is 39.5 Å². The van der Waals surface area contributed by atoms with Crippen molar-refractivity contribution in [2.75, 3.05) is 0 Å². The molecule has 77 heavy (non-hydrogen) atoms. The molecule has 0 N–H and O–H groups in total. The molecular formula is C57H30F9IrN6OS3. The first-order chi connectivity index (χ1) is 36.2. The fraction of sp³-hybridized carbons (Fsp3) is 0.0526. The summed E-state index contributed by atoms with van der Waals surface area (Å²) >= 11 is 9.62. The van der Waals surface area contributed by atoms with Gasteiger partial charge in [0.05, 0.1) is 23.5 Å². The van der Waals surface area contributed by atoms with Gasteiger partial charge in [0, 0.05) is 11.1 Å². The third kappa shape index (κ3) is 11.2. The minimum atomic E-state index is -6.01. The fourth-order valence-electron chi connectivity index (χ4n) is 8.59. The zero-order chi connectivity index (χ0) is 53.7. The van der Waals surface area contributed by atoms with Crippen molar-refractivity contribution in [1.29, 1.82) is 0 Å². The molecule has 0 fully saturated rings. The third-order valence-corrected chi connectivity index (χ3v) is 13.5. The molecule has 0 bridgehead atoms. The van der Waals surface area contributed by atoms with Gasteiger partial charge < -0.3 is 4.74 Å². The van der Waals surface area contributed by atoms with Crippen molar-refractivity contribution in [2.24, 2.45) is 0 Å². The molecule has 4 aromatic heterocycles. The van der Waals surface area contributed by atoms with Crippen LogP contribution in [0, 0.1) is 19.2 Å². The number of benzene rings is 8. The number of halogens is 9. The van der Waals surface area contributed by atoms with Crippen LogP contribution in [0.1, 0.15) is 28.1 Å².